The minimum Gasteiger partial charge on any atom is -0.444 e. The average molecular weight is 419 g/mol. The third-order valence-corrected chi connectivity index (χ3v) is 4.77. The molecule has 0 bridgehead atoms. The fraction of sp³-hybridized carbons (Fsp3) is 0.400. The highest BCUT2D eigenvalue weighted by Crippen LogP contribution is 2.25. The van der Waals surface area contributed by atoms with Crippen molar-refractivity contribution in [2.45, 2.75) is 32.8 Å². The number of anilines is 1. The number of rotatable bonds is 2. The van der Waals surface area contributed by atoms with Crippen LogP contribution in [0.3, 0.4) is 0 Å². The van der Waals surface area contributed by atoms with E-state index in [0.29, 0.717) is 19.5 Å². The van der Waals surface area contributed by atoms with Crippen molar-refractivity contribution in [2.24, 2.45) is 5.92 Å². The van der Waals surface area contributed by atoms with Gasteiger partial charge in [-0.3, -0.25) is 4.79 Å². The number of nitrogens with zero attached hydrogens (tertiary/aromatic N) is 1. The molecule has 1 unspecified atom stereocenters. The first kappa shape index (κ1) is 18.7. The number of fused-ring (bicyclic) bond motifs is 1. The zero-order valence-electron chi connectivity index (χ0n) is 15.2. The molecule has 138 valence electrons. The first-order valence-electron chi connectivity index (χ1n) is 8.69. The predicted molar refractivity (Wildman–Crippen MR) is 106 cm³/mol. The number of hydrogen-bond acceptors (Lipinski definition) is 3. The predicted octanol–water partition coefficient (Wildman–Crippen LogP) is 4.80. The number of likely N-dealkylation sites (tertiary alicyclic amines) is 1. The second-order valence-electron chi connectivity index (χ2n) is 7.61. The summed E-state index contributed by atoms with van der Waals surface area (Å²) in [5.41, 5.74) is 0.234. The molecule has 2 aromatic carbocycles. The van der Waals surface area contributed by atoms with Gasteiger partial charge in [-0.25, -0.2) is 4.79 Å². The van der Waals surface area contributed by atoms with E-state index in [0.717, 1.165) is 20.9 Å². The molecule has 1 aliphatic rings. The molecular weight excluding hydrogens is 396 g/mol. The highest BCUT2D eigenvalue weighted by atomic mass is 79.9. The third kappa shape index (κ3) is 4.55. The van der Waals surface area contributed by atoms with Crippen LogP contribution in [0.2, 0.25) is 0 Å². The fourth-order valence-corrected chi connectivity index (χ4v) is 3.38. The molecule has 0 aromatic heterocycles. The van der Waals surface area contributed by atoms with E-state index in [1.165, 1.54) is 0 Å². The van der Waals surface area contributed by atoms with E-state index >= 15 is 0 Å². The monoisotopic (exact) mass is 418 g/mol. The van der Waals surface area contributed by atoms with E-state index in [9.17, 15) is 9.59 Å². The number of benzene rings is 2. The van der Waals surface area contributed by atoms with Crippen molar-refractivity contribution in [3.05, 3.63) is 40.9 Å². The average Bonchev–Trinajstić information content (AvgIpc) is 3.04. The number of halogens is 1. The van der Waals surface area contributed by atoms with Gasteiger partial charge in [-0.15, -0.1) is 0 Å². The van der Waals surface area contributed by atoms with Crippen molar-refractivity contribution in [1.29, 1.82) is 0 Å². The van der Waals surface area contributed by atoms with Crippen LogP contribution < -0.4 is 5.32 Å². The smallest absolute Gasteiger partial charge is 0.410 e. The summed E-state index contributed by atoms with van der Waals surface area (Å²) < 4.78 is 6.40. The molecule has 1 saturated heterocycles. The van der Waals surface area contributed by atoms with Gasteiger partial charge in [-0.05, 0) is 62.2 Å². The Morgan fingerprint density at radius 1 is 1.15 bits per heavy atom. The number of nitrogens with one attached hydrogen (secondary N) is 1. The molecule has 5 nitrogen and oxygen atoms in total. The highest BCUT2D eigenvalue weighted by molar-refractivity contribution is 9.10. The van der Waals surface area contributed by atoms with Gasteiger partial charge in [0.05, 0.1) is 5.92 Å². The molecule has 1 aliphatic heterocycles. The van der Waals surface area contributed by atoms with Gasteiger partial charge < -0.3 is 15.0 Å². The normalized spacial score (nSPS) is 17.4. The van der Waals surface area contributed by atoms with Crippen molar-refractivity contribution in [2.75, 3.05) is 18.4 Å². The number of hydrogen-bond donors (Lipinski definition) is 1. The molecule has 1 atom stereocenters. The quantitative estimate of drug-likeness (QED) is 0.761. The van der Waals surface area contributed by atoms with Crippen molar-refractivity contribution in [1.82, 2.24) is 4.90 Å². The van der Waals surface area contributed by atoms with Gasteiger partial charge in [-0.1, -0.05) is 28.1 Å². The fourth-order valence-electron chi connectivity index (χ4n) is 3.01. The number of carbonyl (C=O) groups excluding carboxylic acids is 2. The molecular formula is C20H23BrN2O3. The summed E-state index contributed by atoms with van der Waals surface area (Å²) in [6, 6.07) is 11.9. The molecule has 0 radical (unpaired) electrons. The van der Waals surface area contributed by atoms with E-state index in [1.807, 2.05) is 57.2 Å². The molecule has 2 amide bonds. The lowest BCUT2D eigenvalue weighted by atomic mass is 10.1. The van der Waals surface area contributed by atoms with E-state index < -0.39 is 5.60 Å². The van der Waals surface area contributed by atoms with Crippen molar-refractivity contribution < 1.29 is 14.3 Å². The second kappa shape index (κ2) is 7.27. The van der Waals surface area contributed by atoms with Crippen molar-refractivity contribution in [3.8, 4) is 0 Å². The first-order valence-corrected chi connectivity index (χ1v) is 9.49. The van der Waals surface area contributed by atoms with Crippen LogP contribution in [0.5, 0.6) is 0 Å². The van der Waals surface area contributed by atoms with Gasteiger partial charge in [0.2, 0.25) is 5.91 Å². The Hall–Kier alpha value is -2.08. The van der Waals surface area contributed by atoms with E-state index in [2.05, 4.69) is 21.2 Å². The van der Waals surface area contributed by atoms with Gasteiger partial charge >= 0.3 is 6.09 Å². The van der Waals surface area contributed by atoms with Crippen LogP contribution in [0, 0.1) is 5.92 Å². The lowest BCUT2D eigenvalue weighted by molar-refractivity contribution is -0.119. The highest BCUT2D eigenvalue weighted by Gasteiger charge is 2.33. The topological polar surface area (TPSA) is 58.6 Å². The van der Waals surface area contributed by atoms with E-state index in [4.69, 9.17) is 4.74 Å². The molecule has 0 saturated carbocycles. The van der Waals surface area contributed by atoms with Crippen LogP contribution in [0.15, 0.2) is 40.9 Å². The van der Waals surface area contributed by atoms with Gasteiger partial charge in [0, 0.05) is 23.2 Å². The van der Waals surface area contributed by atoms with Gasteiger partial charge in [0.1, 0.15) is 5.60 Å². The Labute approximate surface area is 161 Å². The zero-order valence-corrected chi connectivity index (χ0v) is 16.8. The summed E-state index contributed by atoms with van der Waals surface area (Å²) in [7, 11) is 0. The lowest BCUT2D eigenvalue weighted by Crippen LogP contribution is -2.36. The van der Waals surface area contributed by atoms with E-state index in [1.54, 1.807) is 4.90 Å². The Kier molecular flexibility index (Phi) is 5.23. The Morgan fingerprint density at radius 2 is 1.85 bits per heavy atom. The van der Waals surface area contributed by atoms with Crippen LogP contribution in [0.1, 0.15) is 27.2 Å². The van der Waals surface area contributed by atoms with Crippen LogP contribution in [-0.2, 0) is 9.53 Å². The second-order valence-corrected chi connectivity index (χ2v) is 8.52. The molecule has 26 heavy (non-hydrogen) atoms. The summed E-state index contributed by atoms with van der Waals surface area (Å²) in [6.07, 6.45) is 0.287. The van der Waals surface area contributed by atoms with Crippen molar-refractivity contribution >= 4 is 44.4 Å². The molecule has 3 rings (SSSR count). The van der Waals surface area contributed by atoms with Gasteiger partial charge in [-0.2, -0.15) is 0 Å². The zero-order chi connectivity index (χ0) is 18.9. The molecule has 0 spiro atoms. The lowest BCUT2D eigenvalue weighted by Gasteiger charge is -2.24. The minimum atomic E-state index is -0.530. The maximum atomic E-state index is 12.6. The summed E-state index contributed by atoms with van der Waals surface area (Å²) in [6.45, 7) is 6.44. The minimum absolute atomic E-state index is 0.0625. The summed E-state index contributed by atoms with van der Waals surface area (Å²) in [5, 5.41) is 5.14. The SMILES string of the molecule is CC(C)(C)OC(=O)N1CCC(C(=O)Nc2ccc3cc(Br)ccc3c2)C1. The molecule has 1 heterocycles. The first-order chi connectivity index (χ1) is 12.2. The maximum Gasteiger partial charge on any atom is 0.410 e. The molecule has 6 heteroatoms. The number of amides is 2. The van der Waals surface area contributed by atoms with Crippen LogP contribution >= 0.6 is 15.9 Å². The summed E-state index contributed by atoms with van der Waals surface area (Å²) >= 11 is 3.46. The van der Waals surface area contributed by atoms with Crippen LogP contribution in [-0.4, -0.2) is 35.6 Å². The number of ether oxygens (including phenoxy) is 1. The Morgan fingerprint density at radius 3 is 2.58 bits per heavy atom. The maximum absolute atomic E-state index is 12.6. The van der Waals surface area contributed by atoms with E-state index in [-0.39, 0.29) is 17.9 Å². The Bertz CT molecular complexity index is 845. The Balaban J connectivity index is 1.62. The van der Waals surface area contributed by atoms with Crippen LogP contribution in [0.25, 0.3) is 10.8 Å². The standard InChI is InChI=1S/C20H23BrN2O3/c1-20(2,3)26-19(25)23-9-8-15(12-23)18(24)22-17-7-5-13-10-16(21)6-4-14(13)11-17/h4-7,10-11,15H,8-9,12H2,1-3H3,(H,22,24). The molecule has 2 aromatic rings. The van der Waals surface area contributed by atoms with Gasteiger partial charge in [0.25, 0.3) is 0 Å². The third-order valence-electron chi connectivity index (χ3n) is 4.28. The van der Waals surface area contributed by atoms with Gasteiger partial charge in [0.15, 0.2) is 0 Å². The molecule has 1 fully saturated rings. The number of carbonyl (C=O) groups is 2. The summed E-state index contributed by atoms with van der Waals surface area (Å²) in [4.78, 5) is 26.3. The molecule has 1 N–H and O–H groups in total. The van der Waals surface area contributed by atoms with Crippen molar-refractivity contribution in [3.63, 3.8) is 0 Å². The molecule has 0 aliphatic carbocycles. The summed E-state index contributed by atoms with van der Waals surface area (Å²) in [5.74, 6) is -0.282. The van der Waals surface area contributed by atoms with Crippen LogP contribution in [0.4, 0.5) is 10.5 Å². The largest absolute Gasteiger partial charge is 0.444 e.